The van der Waals surface area contributed by atoms with Gasteiger partial charge in [-0.25, -0.2) is 19.3 Å². The van der Waals surface area contributed by atoms with Crippen LogP contribution in [0.2, 0.25) is 0 Å². The number of carbonyl (C=O) groups excluding carboxylic acids is 3. The van der Waals surface area contributed by atoms with E-state index in [-0.39, 0.29) is 50.6 Å². The van der Waals surface area contributed by atoms with Crippen LogP contribution in [0.3, 0.4) is 0 Å². The van der Waals surface area contributed by atoms with Crippen LogP contribution in [0.1, 0.15) is 56.0 Å². The summed E-state index contributed by atoms with van der Waals surface area (Å²) >= 11 is 0. The van der Waals surface area contributed by atoms with Crippen molar-refractivity contribution in [3.8, 4) is 28.5 Å². The number of hydrogen-bond acceptors (Lipinski definition) is 22. The first kappa shape index (κ1) is 45.8. The maximum atomic E-state index is 13.9. The monoisotopic (exact) mass is 894 g/mol. The Labute approximate surface area is 363 Å². The molecule has 2 aromatic heterocycles. The number of esters is 2. The number of rotatable bonds is 20. The Hall–Kier alpha value is -6.19. The first-order chi connectivity index (χ1) is 30.8. The number of para-hydroxylation sites is 1. The fourth-order valence-electron chi connectivity index (χ4n) is 7.32. The van der Waals surface area contributed by atoms with Crippen LogP contribution >= 0.6 is 0 Å². The van der Waals surface area contributed by atoms with Crippen LogP contribution in [0, 0.1) is 0 Å². The van der Waals surface area contributed by atoms with Gasteiger partial charge >= 0.3 is 18.1 Å². The van der Waals surface area contributed by atoms with Crippen LogP contribution in [0.25, 0.3) is 33.5 Å². The molecule has 0 saturated carbocycles. The normalized spacial score (nSPS) is 18.9. The molecule has 64 heavy (non-hydrogen) atoms. The zero-order valence-corrected chi connectivity index (χ0v) is 34.7. The van der Waals surface area contributed by atoms with E-state index in [1.165, 1.54) is 13.8 Å². The van der Waals surface area contributed by atoms with Gasteiger partial charge in [-0.1, -0.05) is 54.6 Å². The molecule has 4 heterocycles. The molecule has 0 aliphatic carbocycles. The number of benzene rings is 3. The van der Waals surface area contributed by atoms with Gasteiger partial charge in [-0.3, -0.25) is 30.2 Å². The molecule has 2 aliphatic rings. The summed E-state index contributed by atoms with van der Waals surface area (Å²) in [6.45, 7) is 4.53. The van der Waals surface area contributed by atoms with Crippen LogP contribution in [0.15, 0.2) is 66.7 Å². The second-order valence-electron chi connectivity index (χ2n) is 14.9. The molecule has 2 aliphatic heterocycles. The predicted octanol–water partition coefficient (Wildman–Crippen LogP) is 4.02. The van der Waals surface area contributed by atoms with Crippen molar-refractivity contribution in [1.29, 1.82) is 0 Å². The number of H-pyrrole nitrogens is 1. The highest BCUT2D eigenvalue weighted by atomic mass is 17.1. The van der Waals surface area contributed by atoms with Crippen LogP contribution < -0.4 is 4.74 Å². The number of aromatic nitrogens is 6. The van der Waals surface area contributed by atoms with Gasteiger partial charge in [-0.05, 0) is 53.8 Å². The highest BCUT2D eigenvalue weighted by Gasteiger charge is 2.51. The molecule has 5 aromatic rings. The number of aromatic amines is 1. The van der Waals surface area contributed by atoms with Gasteiger partial charge < -0.3 is 33.2 Å². The summed E-state index contributed by atoms with van der Waals surface area (Å²) in [6.07, 6.45) is -5.56. The summed E-state index contributed by atoms with van der Waals surface area (Å²) < 4.78 is 41.4. The van der Waals surface area contributed by atoms with Gasteiger partial charge in [0.2, 0.25) is 5.82 Å². The zero-order chi connectivity index (χ0) is 45.4. The number of fused-ring (bicyclic) bond motifs is 2. The molecule has 5 atom stereocenters. The molecular weight excluding hydrogens is 848 g/mol. The first-order valence-corrected chi connectivity index (χ1v) is 20.0. The number of imidazole rings is 1. The summed E-state index contributed by atoms with van der Waals surface area (Å²) in [4.78, 5) is 53.3. The molecular formula is C40H46N8O16. The van der Waals surface area contributed by atoms with Gasteiger partial charge in [-0.15, -0.1) is 10.2 Å². The standard InChI is InChI=1S/C40H46N8O16/c1-4-56-38-41-29-13-8-12-28(33(29)46(38)19-23-15-17-24(18-16-23)26-10-5-6-11-27(26)36-42-44-45-43-36)37(50)62-40(2,3)63-39(51)61-31-22-58-34-30(21-57-35(31)34)60-32(49)14-7-9-25(64-48(54)55)20-59-47(52)53/h5-6,8,10-13,15-18,25,30-31,34-35,52-55H,4,7,9,14,19-22H2,1-3H3,(H,42,43,44,45)/t25?,30-,31-,34?,35-/m1/s1. The summed E-state index contributed by atoms with van der Waals surface area (Å²) in [5.41, 5.74) is 4.60. The molecule has 2 saturated heterocycles. The van der Waals surface area contributed by atoms with Gasteiger partial charge in [0.05, 0.1) is 53.7 Å². The number of nitrogens with zero attached hydrogens (tertiary/aromatic N) is 7. The number of nitrogens with one attached hydrogen (secondary N) is 1. The molecule has 7 rings (SSSR count). The Kier molecular flexibility index (Phi) is 14.7. The molecule has 5 N–H and O–H groups in total. The van der Waals surface area contributed by atoms with Crippen molar-refractivity contribution in [3.63, 3.8) is 0 Å². The van der Waals surface area contributed by atoms with Crippen LogP contribution in [0.5, 0.6) is 6.01 Å². The van der Waals surface area contributed by atoms with E-state index < -0.39 is 71.8 Å². The minimum atomic E-state index is -1.82. The quantitative estimate of drug-likeness (QED) is 0.0319. The number of ether oxygens (including phenoxy) is 7. The maximum absolute atomic E-state index is 13.9. The zero-order valence-electron chi connectivity index (χ0n) is 34.7. The summed E-state index contributed by atoms with van der Waals surface area (Å²) in [5.74, 6) is -2.79. The lowest BCUT2D eigenvalue weighted by Crippen LogP contribution is -2.39. The SMILES string of the molecule is CCOc1nc2cccc(C(=O)OC(C)(C)OC(=O)O[C@@H]3COC4[C@H](OC(=O)CCCC(CON(O)O)ON(O)O)CO[C@@H]43)c2n1Cc1ccc(-c2ccccc2-c2nn[nH]n2)cc1. The topological polar surface area (TPSA) is 294 Å². The average Bonchev–Trinajstić information content (AvgIpc) is 4.07. The molecule has 0 amide bonds. The molecule has 24 nitrogen and oxygen atoms in total. The Balaban J connectivity index is 0.948. The molecule has 2 fully saturated rings. The van der Waals surface area contributed by atoms with Crippen LogP contribution in [-0.2, 0) is 49.4 Å². The summed E-state index contributed by atoms with van der Waals surface area (Å²) in [6, 6.07) is 20.9. The second kappa shape index (κ2) is 20.5. The van der Waals surface area contributed by atoms with Crippen LogP contribution in [-0.4, -0.2) is 143 Å². The second-order valence-corrected chi connectivity index (χ2v) is 14.9. The molecule has 24 heteroatoms. The lowest BCUT2D eigenvalue weighted by Gasteiger charge is -2.26. The summed E-state index contributed by atoms with van der Waals surface area (Å²) in [7, 11) is 0. The van der Waals surface area contributed by atoms with Gasteiger partial charge in [-0.2, -0.15) is 10.2 Å². The van der Waals surface area contributed by atoms with E-state index in [0.29, 0.717) is 23.5 Å². The smallest absolute Gasteiger partial charge is 0.465 e. The molecule has 0 radical (unpaired) electrons. The molecule has 0 spiro atoms. The van der Waals surface area contributed by atoms with Gasteiger partial charge in [0, 0.05) is 25.8 Å². The van der Waals surface area contributed by atoms with Crippen molar-refractivity contribution in [1.82, 2.24) is 41.0 Å². The number of tetrazole rings is 1. The third kappa shape index (κ3) is 11.3. The fraction of sp³-hybridized carbons (Fsp3) is 0.425. The van der Waals surface area contributed by atoms with Crippen molar-refractivity contribution in [2.24, 2.45) is 0 Å². The minimum absolute atomic E-state index is 0.0287. The van der Waals surface area contributed by atoms with E-state index in [0.717, 1.165) is 22.3 Å². The lowest BCUT2D eigenvalue weighted by atomic mass is 9.98. The Bertz CT molecular complexity index is 2360. The van der Waals surface area contributed by atoms with Gasteiger partial charge in [0.25, 0.3) is 11.8 Å². The van der Waals surface area contributed by atoms with E-state index in [9.17, 15) is 14.4 Å². The average molecular weight is 895 g/mol. The van der Waals surface area contributed by atoms with Crippen molar-refractivity contribution in [2.45, 2.75) is 82.9 Å². The van der Waals surface area contributed by atoms with E-state index in [1.807, 2.05) is 55.5 Å². The first-order valence-electron chi connectivity index (χ1n) is 20.0. The predicted molar refractivity (Wildman–Crippen MR) is 211 cm³/mol. The third-order valence-electron chi connectivity index (χ3n) is 10.0. The number of hydrogen-bond donors (Lipinski definition) is 5. The molecule has 0 bridgehead atoms. The van der Waals surface area contributed by atoms with E-state index in [4.69, 9.17) is 54.0 Å². The highest BCUT2D eigenvalue weighted by Crippen LogP contribution is 2.34. The van der Waals surface area contributed by atoms with E-state index >= 15 is 0 Å². The fourth-order valence-corrected chi connectivity index (χ4v) is 7.32. The van der Waals surface area contributed by atoms with E-state index in [2.05, 4.69) is 35.3 Å². The van der Waals surface area contributed by atoms with Crippen molar-refractivity contribution < 1.29 is 78.0 Å². The van der Waals surface area contributed by atoms with Gasteiger partial charge in [0.15, 0.2) is 12.2 Å². The molecule has 2 unspecified atom stereocenters. The largest absolute Gasteiger partial charge is 0.512 e. The Morgan fingerprint density at radius 2 is 1.62 bits per heavy atom. The maximum Gasteiger partial charge on any atom is 0.512 e. The minimum Gasteiger partial charge on any atom is -0.465 e. The third-order valence-corrected chi connectivity index (χ3v) is 10.0. The van der Waals surface area contributed by atoms with Crippen molar-refractivity contribution in [2.75, 3.05) is 26.4 Å². The Morgan fingerprint density at radius 1 is 0.906 bits per heavy atom. The number of carbonyl (C=O) groups is 3. The molecule has 342 valence electrons. The summed E-state index contributed by atoms with van der Waals surface area (Å²) in [5, 5.41) is 48.6. The van der Waals surface area contributed by atoms with Crippen molar-refractivity contribution >= 4 is 29.1 Å². The van der Waals surface area contributed by atoms with E-state index in [1.54, 1.807) is 22.8 Å². The van der Waals surface area contributed by atoms with Crippen molar-refractivity contribution in [3.05, 3.63) is 77.9 Å². The highest BCUT2D eigenvalue weighted by molar-refractivity contribution is 6.02. The lowest BCUT2D eigenvalue weighted by molar-refractivity contribution is -0.527. The Morgan fingerprint density at radius 3 is 2.30 bits per heavy atom. The molecule has 3 aromatic carbocycles. The van der Waals surface area contributed by atoms with Crippen LogP contribution in [0.4, 0.5) is 4.79 Å². The van der Waals surface area contributed by atoms with Gasteiger partial charge in [0.1, 0.15) is 24.9 Å².